The summed E-state index contributed by atoms with van der Waals surface area (Å²) in [5.74, 6) is -0.584. The maximum Gasteiger partial charge on any atom is 0.313 e. The number of ketones is 1. The minimum absolute atomic E-state index is 0.0168. The summed E-state index contributed by atoms with van der Waals surface area (Å²) in [5.41, 5.74) is 4.98. The van der Waals surface area contributed by atoms with Crippen LogP contribution in [0.2, 0.25) is 0 Å². The summed E-state index contributed by atoms with van der Waals surface area (Å²) in [6, 6.07) is 0. The van der Waals surface area contributed by atoms with Crippen molar-refractivity contribution in [2.75, 3.05) is 0 Å². The van der Waals surface area contributed by atoms with Gasteiger partial charge in [0.2, 0.25) is 0 Å². The van der Waals surface area contributed by atoms with Gasteiger partial charge in [-0.05, 0) is 45.4 Å². The van der Waals surface area contributed by atoms with E-state index < -0.39 is 5.60 Å². The van der Waals surface area contributed by atoms with Crippen molar-refractivity contribution in [3.8, 4) is 0 Å². The summed E-state index contributed by atoms with van der Waals surface area (Å²) in [6.45, 7) is 8.10. The summed E-state index contributed by atoms with van der Waals surface area (Å²) < 4.78 is 5.97. The molecule has 0 saturated carbocycles. The van der Waals surface area contributed by atoms with Crippen LogP contribution in [-0.2, 0) is 27.2 Å². The number of hydrogen-bond donors (Lipinski definition) is 0. The SMILES string of the molecule is Cc1ncsc1CCC1C(=O)CC(=O)OC1(CCc1scnc1C)C(C)C. The maximum atomic E-state index is 12.9. The second-order valence-electron chi connectivity index (χ2n) is 7.54. The minimum Gasteiger partial charge on any atom is -0.458 e. The number of cyclic esters (lactones) is 1. The van der Waals surface area contributed by atoms with Crippen molar-refractivity contribution >= 4 is 34.4 Å². The van der Waals surface area contributed by atoms with Gasteiger partial charge in [-0.15, -0.1) is 22.7 Å². The molecule has 0 aromatic carbocycles. The van der Waals surface area contributed by atoms with E-state index >= 15 is 0 Å². The average Bonchev–Trinajstić information content (AvgIpc) is 3.20. The molecule has 2 aromatic heterocycles. The van der Waals surface area contributed by atoms with E-state index in [2.05, 4.69) is 23.8 Å². The molecule has 2 atom stereocenters. The number of carbonyl (C=O) groups excluding carboxylic acids is 2. The van der Waals surface area contributed by atoms with Crippen LogP contribution in [0.25, 0.3) is 0 Å². The lowest BCUT2D eigenvalue weighted by Gasteiger charge is -2.45. The molecule has 0 bridgehead atoms. The molecule has 146 valence electrons. The molecule has 3 heterocycles. The van der Waals surface area contributed by atoms with Gasteiger partial charge in [0.1, 0.15) is 12.0 Å². The molecule has 0 aliphatic carbocycles. The molecule has 2 unspecified atom stereocenters. The third kappa shape index (κ3) is 4.14. The molecule has 1 fully saturated rings. The molecule has 3 rings (SSSR count). The largest absolute Gasteiger partial charge is 0.458 e. The number of hydrogen-bond acceptors (Lipinski definition) is 7. The van der Waals surface area contributed by atoms with Crippen LogP contribution in [0.5, 0.6) is 0 Å². The Morgan fingerprint density at radius 2 is 1.70 bits per heavy atom. The van der Waals surface area contributed by atoms with Crippen LogP contribution in [0.4, 0.5) is 0 Å². The number of aromatic nitrogens is 2. The molecule has 5 nitrogen and oxygen atoms in total. The second-order valence-corrected chi connectivity index (χ2v) is 9.42. The molecule has 7 heteroatoms. The Kier molecular flexibility index (Phi) is 6.11. The van der Waals surface area contributed by atoms with Crippen LogP contribution in [-0.4, -0.2) is 27.3 Å². The lowest BCUT2D eigenvalue weighted by molar-refractivity contribution is -0.188. The van der Waals surface area contributed by atoms with Gasteiger partial charge in [0.05, 0.1) is 28.3 Å². The molecule has 1 saturated heterocycles. The topological polar surface area (TPSA) is 69.2 Å². The van der Waals surface area contributed by atoms with Gasteiger partial charge >= 0.3 is 5.97 Å². The highest BCUT2D eigenvalue weighted by atomic mass is 32.1. The van der Waals surface area contributed by atoms with Crippen LogP contribution >= 0.6 is 22.7 Å². The fourth-order valence-electron chi connectivity index (χ4n) is 4.01. The molecule has 2 aromatic rings. The van der Waals surface area contributed by atoms with Gasteiger partial charge in [-0.3, -0.25) is 9.59 Å². The number of ether oxygens (including phenoxy) is 1. The zero-order valence-electron chi connectivity index (χ0n) is 16.3. The van der Waals surface area contributed by atoms with Crippen molar-refractivity contribution in [3.63, 3.8) is 0 Å². The van der Waals surface area contributed by atoms with Crippen molar-refractivity contribution in [3.05, 3.63) is 32.2 Å². The van der Waals surface area contributed by atoms with E-state index in [9.17, 15) is 9.59 Å². The molecular formula is C20H26N2O3S2. The van der Waals surface area contributed by atoms with E-state index in [1.165, 1.54) is 9.75 Å². The van der Waals surface area contributed by atoms with Crippen LogP contribution in [0.15, 0.2) is 11.0 Å². The van der Waals surface area contributed by atoms with Crippen LogP contribution in [0, 0.1) is 25.7 Å². The number of thiazole rings is 2. The smallest absolute Gasteiger partial charge is 0.313 e. The third-order valence-corrected chi connectivity index (χ3v) is 7.66. The number of carbonyl (C=O) groups is 2. The Bertz CT molecular complexity index is 827. The number of Topliss-reactive ketones (excluding diaryl/α,β-unsaturated/α-hetero) is 1. The first kappa shape index (κ1) is 20.1. The van der Waals surface area contributed by atoms with E-state index in [1.807, 2.05) is 24.9 Å². The summed E-state index contributed by atoms with van der Waals surface area (Å²) in [6.07, 6.45) is 2.79. The number of nitrogens with zero attached hydrogens (tertiary/aromatic N) is 2. The molecule has 1 aliphatic heterocycles. The van der Waals surface area contributed by atoms with Crippen molar-refractivity contribution in [1.82, 2.24) is 9.97 Å². The first-order chi connectivity index (χ1) is 12.8. The Morgan fingerprint density at radius 1 is 1.11 bits per heavy atom. The highest BCUT2D eigenvalue weighted by Gasteiger charge is 2.51. The van der Waals surface area contributed by atoms with Crippen molar-refractivity contribution in [1.29, 1.82) is 0 Å². The number of rotatable bonds is 7. The van der Waals surface area contributed by atoms with Gasteiger partial charge in [-0.2, -0.15) is 0 Å². The van der Waals surface area contributed by atoms with E-state index in [-0.39, 0.29) is 30.0 Å². The Balaban J connectivity index is 1.85. The lowest BCUT2D eigenvalue weighted by Crippen LogP contribution is -2.54. The van der Waals surface area contributed by atoms with Gasteiger partial charge in [-0.1, -0.05) is 13.8 Å². The zero-order chi connectivity index (χ0) is 19.6. The van der Waals surface area contributed by atoms with E-state index in [1.54, 1.807) is 22.7 Å². The first-order valence-electron chi connectivity index (χ1n) is 9.36. The first-order valence-corrected chi connectivity index (χ1v) is 11.1. The predicted octanol–water partition coefficient (Wildman–Crippen LogP) is 4.31. The Morgan fingerprint density at radius 3 is 2.22 bits per heavy atom. The fraction of sp³-hybridized carbons (Fsp3) is 0.600. The highest BCUT2D eigenvalue weighted by molar-refractivity contribution is 7.10. The molecular weight excluding hydrogens is 380 g/mol. The van der Waals surface area contributed by atoms with Gasteiger partial charge in [0, 0.05) is 9.75 Å². The highest BCUT2D eigenvalue weighted by Crippen LogP contribution is 2.42. The molecule has 1 aliphatic rings. The van der Waals surface area contributed by atoms with E-state index in [4.69, 9.17) is 4.74 Å². The Hall–Kier alpha value is -1.60. The van der Waals surface area contributed by atoms with E-state index in [0.29, 0.717) is 12.8 Å². The van der Waals surface area contributed by atoms with Crippen LogP contribution in [0.1, 0.15) is 54.3 Å². The van der Waals surface area contributed by atoms with Crippen LogP contribution < -0.4 is 0 Å². The van der Waals surface area contributed by atoms with Gasteiger partial charge in [-0.25, -0.2) is 9.97 Å². The van der Waals surface area contributed by atoms with Crippen molar-refractivity contribution in [2.45, 2.75) is 65.4 Å². The van der Waals surface area contributed by atoms with Crippen molar-refractivity contribution in [2.24, 2.45) is 11.8 Å². The normalized spacial score (nSPS) is 23.1. The second kappa shape index (κ2) is 8.19. The maximum absolute atomic E-state index is 12.9. The summed E-state index contributed by atoms with van der Waals surface area (Å²) >= 11 is 3.25. The van der Waals surface area contributed by atoms with E-state index in [0.717, 1.165) is 24.2 Å². The van der Waals surface area contributed by atoms with Crippen LogP contribution in [0.3, 0.4) is 0 Å². The minimum atomic E-state index is -0.749. The molecule has 0 spiro atoms. The lowest BCUT2D eigenvalue weighted by atomic mass is 9.69. The van der Waals surface area contributed by atoms with Gasteiger partial charge < -0.3 is 4.74 Å². The summed E-state index contributed by atoms with van der Waals surface area (Å²) in [4.78, 5) is 36.1. The predicted molar refractivity (Wildman–Crippen MR) is 107 cm³/mol. The number of aryl methyl sites for hydroxylation is 4. The molecule has 0 amide bonds. The fourth-order valence-corrected chi connectivity index (χ4v) is 5.59. The third-order valence-electron chi connectivity index (χ3n) is 5.67. The monoisotopic (exact) mass is 406 g/mol. The van der Waals surface area contributed by atoms with Gasteiger partial charge in [0.15, 0.2) is 5.78 Å². The molecule has 0 N–H and O–H groups in total. The summed E-state index contributed by atoms with van der Waals surface area (Å²) in [5, 5.41) is 0. The van der Waals surface area contributed by atoms with Gasteiger partial charge in [0.25, 0.3) is 0 Å². The molecule has 27 heavy (non-hydrogen) atoms. The van der Waals surface area contributed by atoms with Crippen molar-refractivity contribution < 1.29 is 14.3 Å². The zero-order valence-corrected chi connectivity index (χ0v) is 17.9. The average molecular weight is 407 g/mol. The quantitative estimate of drug-likeness (QED) is 0.506. The summed E-state index contributed by atoms with van der Waals surface area (Å²) in [7, 11) is 0. The molecule has 0 radical (unpaired) electrons. The standard InChI is InChI=1S/C20H26N2O3S2/c1-12(2)20(8-7-18-14(4)22-11-27-18)15(16(23)9-19(24)25-20)5-6-17-13(3)21-10-26-17/h10-12,15H,5-9H2,1-4H3. The number of esters is 1. The Labute approximate surface area is 168 Å².